The molecule has 0 fully saturated rings. The van der Waals surface area contributed by atoms with Crippen LogP contribution in [0, 0.1) is 23.2 Å². The summed E-state index contributed by atoms with van der Waals surface area (Å²) < 4.78 is 49.6. The van der Waals surface area contributed by atoms with Crippen molar-refractivity contribution in [3.8, 4) is 17.9 Å². The average molecular weight is 440 g/mol. The fourth-order valence-corrected chi connectivity index (χ4v) is 2.44. The highest BCUT2D eigenvalue weighted by Crippen LogP contribution is 2.28. The molecule has 162 valence electrons. The Bertz CT molecular complexity index is 1170. The van der Waals surface area contributed by atoms with Crippen molar-refractivity contribution >= 4 is 5.97 Å². The third-order valence-corrected chi connectivity index (χ3v) is 3.99. The van der Waals surface area contributed by atoms with Crippen LogP contribution in [0.25, 0.3) is 0 Å². The van der Waals surface area contributed by atoms with Crippen LogP contribution >= 0.6 is 0 Å². The SMILES string of the molecule is N#Cc1nc(C#Cc2ccc(C(F)(F)F)cc2)n(COCCOC(=O)c2ccccc2)n1. The van der Waals surface area contributed by atoms with Gasteiger partial charge in [0, 0.05) is 5.56 Å². The fraction of sp³-hybridized carbons (Fsp3) is 0.182. The normalized spacial score (nSPS) is 10.7. The van der Waals surface area contributed by atoms with Gasteiger partial charge in [-0.25, -0.2) is 9.48 Å². The first-order valence-corrected chi connectivity index (χ1v) is 9.21. The molecule has 32 heavy (non-hydrogen) atoms. The van der Waals surface area contributed by atoms with E-state index in [-0.39, 0.29) is 31.6 Å². The number of alkyl halides is 3. The zero-order valence-corrected chi connectivity index (χ0v) is 16.5. The molecule has 0 aliphatic carbocycles. The Morgan fingerprint density at radius 2 is 1.75 bits per heavy atom. The van der Waals surface area contributed by atoms with E-state index in [2.05, 4.69) is 21.9 Å². The van der Waals surface area contributed by atoms with Gasteiger partial charge >= 0.3 is 12.1 Å². The molecule has 3 aromatic rings. The second-order valence-electron chi connectivity index (χ2n) is 6.23. The van der Waals surface area contributed by atoms with Crippen LogP contribution in [0.15, 0.2) is 54.6 Å². The summed E-state index contributed by atoms with van der Waals surface area (Å²) in [6.45, 7) is -0.0548. The van der Waals surface area contributed by atoms with Gasteiger partial charge < -0.3 is 9.47 Å². The molecule has 1 heterocycles. The number of hydrogen-bond acceptors (Lipinski definition) is 6. The molecule has 0 bridgehead atoms. The van der Waals surface area contributed by atoms with Gasteiger partial charge in [0.1, 0.15) is 19.4 Å². The Labute approximate surface area is 181 Å². The van der Waals surface area contributed by atoms with Gasteiger partial charge in [-0.05, 0) is 42.3 Å². The van der Waals surface area contributed by atoms with E-state index < -0.39 is 17.7 Å². The van der Waals surface area contributed by atoms with Crippen molar-refractivity contribution in [1.82, 2.24) is 14.8 Å². The summed E-state index contributed by atoms with van der Waals surface area (Å²) in [6, 6.07) is 14.6. The lowest BCUT2D eigenvalue weighted by atomic mass is 10.1. The van der Waals surface area contributed by atoms with E-state index in [4.69, 9.17) is 14.7 Å². The highest BCUT2D eigenvalue weighted by atomic mass is 19.4. The fourth-order valence-electron chi connectivity index (χ4n) is 2.44. The monoisotopic (exact) mass is 440 g/mol. The van der Waals surface area contributed by atoms with Crippen LogP contribution in [-0.4, -0.2) is 33.9 Å². The Kier molecular flexibility index (Phi) is 7.21. The Morgan fingerprint density at radius 3 is 2.41 bits per heavy atom. The predicted molar refractivity (Wildman–Crippen MR) is 105 cm³/mol. The van der Waals surface area contributed by atoms with Gasteiger partial charge in [-0.1, -0.05) is 24.1 Å². The maximum absolute atomic E-state index is 12.6. The highest BCUT2D eigenvalue weighted by molar-refractivity contribution is 5.89. The zero-order chi connectivity index (χ0) is 23.0. The second kappa shape index (κ2) is 10.2. The van der Waals surface area contributed by atoms with E-state index in [1.54, 1.807) is 36.4 Å². The summed E-state index contributed by atoms with van der Waals surface area (Å²) in [5, 5.41) is 12.9. The van der Waals surface area contributed by atoms with Gasteiger partial charge in [0.25, 0.3) is 5.82 Å². The molecule has 0 atom stereocenters. The van der Waals surface area contributed by atoms with Gasteiger partial charge in [-0.3, -0.25) is 0 Å². The minimum absolute atomic E-state index is 0.0000971. The number of carbonyl (C=O) groups is 1. The van der Waals surface area contributed by atoms with Crippen LogP contribution in [0.5, 0.6) is 0 Å². The average Bonchev–Trinajstić information content (AvgIpc) is 3.19. The van der Waals surface area contributed by atoms with E-state index in [1.807, 2.05) is 0 Å². The van der Waals surface area contributed by atoms with E-state index in [0.29, 0.717) is 11.1 Å². The number of aromatic nitrogens is 3. The largest absolute Gasteiger partial charge is 0.460 e. The zero-order valence-electron chi connectivity index (χ0n) is 16.5. The molecule has 0 saturated heterocycles. The Balaban J connectivity index is 1.57. The van der Waals surface area contributed by atoms with Crippen molar-refractivity contribution in [2.75, 3.05) is 13.2 Å². The van der Waals surface area contributed by atoms with Gasteiger partial charge in [0.15, 0.2) is 0 Å². The van der Waals surface area contributed by atoms with E-state index in [0.717, 1.165) is 12.1 Å². The molecule has 0 N–H and O–H groups in total. The third-order valence-electron chi connectivity index (χ3n) is 3.99. The molecule has 0 amide bonds. The molecular weight excluding hydrogens is 425 g/mol. The summed E-state index contributed by atoms with van der Waals surface area (Å²) >= 11 is 0. The van der Waals surface area contributed by atoms with E-state index in [1.165, 1.54) is 16.8 Å². The molecule has 10 heteroatoms. The lowest BCUT2D eigenvalue weighted by Gasteiger charge is -2.06. The van der Waals surface area contributed by atoms with Crippen molar-refractivity contribution in [2.24, 2.45) is 0 Å². The smallest absolute Gasteiger partial charge is 0.416 e. The van der Waals surface area contributed by atoms with Gasteiger partial charge in [-0.2, -0.15) is 23.4 Å². The standard InChI is InChI=1S/C22H15F3N4O3/c23-22(24,25)18-9-6-16(7-10-18)8-11-20-27-19(14-26)28-29(20)15-31-12-13-32-21(30)17-4-2-1-3-5-17/h1-7,9-10H,12-13,15H2. The van der Waals surface area contributed by atoms with Crippen LogP contribution in [0.1, 0.15) is 33.1 Å². The maximum atomic E-state index is 12.6. The molecule has 0 aliphatic rings. The lowest BCUT2D eigenvalue weighted by Crippen LogP contribution is -2.13. The number of nitrogens with zero attached hydrogens (tertiary/aromatic N) is 4. The Morgan fingerprint density at radius 1 is 1.03 bits per heavy atom. The van der Waals surface area contributed by atoms with Crippen molar-refractivity contribution in [3.63, 3.8) is 0 Å². The first kappa shape index (κ1) is 22.5. The number of carbonyl (C=O) groups excluding carboxylic acids is 1. The van der Waals surface area contributed by atoms with Gasteiger partial charge in [-0.15, -0.1) is 5.10 Å². The summed E-state index contributed by atoms with van der Waals surface area (Å²) in [4.78, 5) is 15.8. The second-order valence-corrected chi connectivity index (χ2v) is 6.23. The molecule has 1 aromatic heterocycles. The molecule has 0 spiro atoms. The molecule has 0 radical (unpaired) electrons. The minimum atomic E-state index is -4.43. The van der Waals surface area contributed by atoms with Crippen LogP contribution in [0.2, 0.25) is 0 Å². The molecule has 2 aromatic carbocycles. The number of hydrogen-bond donors (Lipinski definition) is 0. The van der Waals surface area contributed by atoms with Crippen LogP contribution in [0.4, 0.5) is 13.2 Å². The van der Waals surface area contributed by atoms with Crippen LogP contribution in [-0.2, 0) is 22.4 Å². The first-order valence-electron chi connectivity index (χ1n) is 9.21. The molecule has 0 unspecified atom stereocenters. The molecular formula is C22H15F3N4O3. The number of rotatable bonds is 6. The first-order chi connectivity index (χ1) is 15.4. The van der Waals surface area contributed by atoms with Crippen molar-refractivity contribution in [2.45, 2.75) is 12.9 Å². The summed E-state index contributed by atoms with van der Waals surface area (Å²) in [7, 11) is 0. The highest BCUT2D eigenvalue weighted by Gasteiger charge is 2.29. The summed E-state index contributed by atoms with van der Waals surface area (Å²) in [5.41, 5.74) is -0.0255. The number of ether oxygens (including phenoxy) is 2. The number of esters is 1. The van der Waals surface area contributed by atoms with Gasteiger partial charge in [0.2, 0.25) is 5.82 Å². The summed E-state index contributed by atoms with van der Waals surface area (Å²) in [6.07, 6.45) is -4.43. The molecule has 0 saturated carbocycles. The van der Waals surface area contributed by atoms with Gasteiger partial charge in [0.05, 0.1) is 17.7 Å². The van der Waals surface area contributed by atoms with Crippen LogP contribution in [0.3, 0.4) is 0 Å². The third kappa shape index (κ3) is 6.17. The van der Waals surface area contributed by atoms with Crippen molar-refractivity contribution in [3.05, 3.63) is 82.9 Å². The molecule has 7 nitrogen and oxygen atoms in total. The predicted octanol–water partition coefficient (Wildman–Crippen LogP) is 3.40. The van der Waals surface area contributed by atoms with E-state index >= 15 is 0 Å². The summed E-state index contributed by atoms with van der Waals surface area (Å²) in [5.74, 6) is 4.82. The number of halogens is 3. The van der Waals surface area contributed by atoms with Crippen LogP contribution < -0.4 is 0 Å². The molecule has 3 rings (SSSR count). The Hall–Kier alpha value is -4.15. The van der Waals surface area contributed by atoms with E-state index in [9.17, 15) is 18.0 Å². The maximum Gasteiger partial charge on any atom is 0.416 e. The lowest BCUT2D eigenvalue weighted by molar-refractivity contribution is -0.137. The minimum Gasteiger partial charge on any atom is -0.460 e. The number of benzene rings is 2. The topological polar surface area (TPSA) is 90.0 Å². The van der Waals surface area contributed by atoms with Crippen molar-refractivity contribution in [1.29, 1.82) is 5.26 Å². The quantitative estimate of drug-likeness (QED) is 0.332. The molecule has 0 aliphatic heterocycles. The van der Waals surface area contributed by atoms with Crippen molar-refractivity contribution < 1.29 is 27.4 Å². The number of nitriles is 1.